The lowest BCUT2D eigenvalue weighted by Crippen LogP contribution is -2.24. The van der Waals surface area contributed by atoms with E-state index in [4.69, 9.17) is 5.73 Å². The lowest BCUT2D eigenvalue weighted by atomic mass is 10.3. The Morgan fingerprint density at radius 2 is 2.28 bits per heavy atom. The molecule has 0 saturated carbocycles. The highest BCUT2D eigenvalue weighted by Crippen LogP contribution is 2.14. The first-order valence-corrected chi connectivity index (χ1v) is 4.99. The zero-order valence-corrected chi connectivity index (χ0v) is 9.62. The Labute approximate surface area is 101 Å². The van der Waals surface area contributed by atoms with E-state index in [0.717, 1.165) is 0 Å². The fourth-order valence-electron chi connectivity index (χ4n) is 1.22. The van der Waals surface area contributed by atoms with Crippen molar-refractivity contribution >= 4 is 11.7 Å². The van der Waals surface area contributed by atoms with Crippen molar-refractivity contribution in [2.24, 2.45) is 12.8 Å². The molecule has 0 aromatic carbocycles. The highest BCUT2D eigenvalue weighted by molar-refractivity contribution is 5.91. The molecule has 0 aliphatic carbocycles. The van der Waals surface area contributed by atoms with Crippen molar-refractivity contribution in [3.8, 4) is 0 Å². The minimum absolute atomic E-state index is 0.160. The Kier molecular flexibility index (Phi) is 4.68. The van der Waals surface area contributed by atoms with Gasteiger partial charge in [-0.1, -0.05) is 0 Å². The summed E-state index contributed by atoms with van der Waals surface area (Å²) in [6.45, 7) is -2.00. The van der Waals surface area contributed by atoms with Crippen LogP contribution in [0.5, 0.6) is 0 Å². The molecule has 3 N–H and O–H groups in total. The fraction of sp³-hybridized carbons (Fsp3) is 0.556. The van der Waals surface area contributed by atoms with Crippen LogP contribution in [-0.2, 0) is 23.1 Å². The lowest BCUT2D eigenvalue weighted by Gasteiger charge is -2.07. The normalized spacial score (nSPS) is 11.6. The lowest BCUT2D eigenvalue weighted by molar-refractivity contribution is -0.174. The molecular weight excluding hydrogens is 253 g/mol. The number of hydrogen-bond acceptors (Lipinski definition) is 4. The zero-order chi connectivity index (χ0) is 13.8. The number of halogens is 3. The van der Waals surface area contributed by atoms with Crippen LogP contribution in [0, 0.1) is 0 Å². The van der Waals surface area contributed by atoms with Crippen LogP contribution in [0.3, 0.4) is 0 Å². The van der Waals surface area contributed by atoms with Crippen molar-refractivity contribution in [2.75, 3.05) is 18.5 Å². The SMILES string of the molecule is Cn1cc(CN)c(NC(=O)COCC(F)(F)F)n1. The number of carbonyl (C=O) groups excluding carboxylic acids is 1. The number of nitrogens with zero attached hydrogens (tertiary/aromatic N) is 2. The van der Waals surface area contributed by atoms with E-state index in [1.807, 2.05) is 0 Å². The maximum absolute atomic E-state index is 11.8. The summed E-state index contributed by atoms with van der Waals surface area (Å²) in [4.78, 5) is 11.3. The van der Waals surface area contributed by atoms with Gasteiger partial charge in [0, 0.05) is 25.4 Å². The molecule has 18 heavy (non-hydrogen) atoms. The summed E-state index contributed by atoms with van der Waals surface area (Å²) in [5.74, 6) is -0.492. The number of anilines is 1. The monoisotopic (exact) mass is 266 g/mol. The number of aryl methyl sites for hydroxylation is 1. The van der Waals surface area contributed by atoms with Crippen LogP contribution < -0.4 is 11.1 Å². The summed E-state index contributed by atoms with van der Waals surface area (Å²) in [5, 5.41) is 6.23. The largest absolute Gasteiger partial charge is 0.411 e. The molecule has 6 nitrogen and oxygen atoms in total. The van der Waals surface area contributed by atoms with Crippen molar-refractivity contribution in [1.29, 1.82) is 0 Å². The Bertz CT molecular complexity index is 416. The Morgan fingerprint density at radius 1 is 1.61 bits per heavy atom. The van der Waals surface area contributed by atoms with Crippen LogP contribution >= 0.6 is 0 Å². The molecule has 0 radical (unpaired) electrons. The van der Waals surface area contributed by atoms with E-state index in [2.05, 4.69) is 15.2 Å². The number of rotatable bonds is 5. The maximum atomic E-state index is 11.8. The van der Waals surface area contributed by atoms with E-state index < -0.39 is 25.3 Å². The molecule has 9 heteroatoms. The van der Waals surface area contributed by atoms with Gasteiger partial charge in [-0.15, -0.1) is 0 Å². The number of aromatic nitrogens is 2. The van der Waals surface area contributed by atoms with Crippen molar-refractivity contribution in [3.05, 3.63) is 11.8 Å². The van der Waals surface area contributed by atoms with Crippen LogP contribution in [0.1, 0.15) is 5.56 Å². The number of nitrogens with two attached hydrogens (primary N) is 1. The van der Waals surface area contributed by atoms with Gasteiger partial charge in [0.15, 0.2) is 5.82 Å². The first-order valence-electron chi connectivity index (χ1n) is 4.99. The maximum Gasteiger partial charge on any atom is 0.411 e. The second kappa shape index (κ2) is 5.83. The van der Waals surface area contributed by atoms with Gasteiger partial charge in [0.1, 0.15) is 13.2 Å². The molecular formula is C9H13F3N4O2. The Morgan fingerprint density at radius 3 is 2.83 bits per heavy atom. The van der Waals surface area contributed by atoms with Gasteiger partial charge in [0.2, 0.25) is 0 Å². The molecule has 102 valence electrons. The third-order valence-electron chi connectivity index (χ3n) is 1.88. The molecule has 0 unspecified atom stereocenters. The molecule has 1 aromatic rings. The van der Waals surface area contributed by atoms with Gasteiger partial charge in [-0.2, -0.15) is 18.3 Å². The topological polar surface area (TPSA) is 82.2 Å². The van der Waals surface area contributed by atoms with E-state index in [9.17, 15) is 18.0 Å². The molecule has 0 aliphatic rings. The number of nitrogens with one attached hydrogen (secondary N) is 1. The first-order chi connectivity index (χ1) is 8.31. The third-order valence-corrected chi connectivity index (χ3v) is 1.88. The number of alkyl halides is 3. The van der Waals surface area contributed by atoms with Crippen molar-refractivity contribution < 1.29 is 22.7 Å². The molecule has 0 saturated heterocycles. The summed E-state index contributed by atoms with van der Waals surface area (Å²) in [7, 11) is 1.63. The van der Waals surface area contributed by atoms with E-state index in [0.29, 0.717) is 5.56 Å². The molecule has 0 atom stereocenters. The van der Waals surface area contributed by atoms with Gasteiger partial charge < -0.3 is 15.8 Å². The molecule has 1 rings (SSSR count). The number of carbonyl (C=O) groups is 1. The molecule has 1 heterocycles. The number of ether oxygens (including phenoxy) is 1. The molecule has 0 aliphatic heterocycles. The van der Waals surface area contributed by atoms with Crippen LogP contribution in [0.25, 0.3) is 0 Å². The van der Waals surface area contributed by atoms with Gasteiger partial charge >= 0.3 is 6.18 Å². The number of amides is 1. The average Bonchev–Trinajstić information content (AvgIpc) is 2.56. The van der Waals surface area contributed by atoms with Crippen molar-refractivity contribution in [3.63, 3.8) is 0 Å². The molecule has 0 fully saturated rings. The minimum atomic E-state index is -4.45. The Balaban J connectivity index is 2.44. The van der Waals surface area contributed by atoms with E-state index in [1.165, 1.54) is 4.68 Å². The first kappa shape index (κ1) is 14.5. The van der Waals surface area contributed by atoms with Crippen LogP contribution in [0.15, 0.2) is 6.20 Å². The molecule has 0 bridgehead atoms. The van der Waals surface area contributed by atoms with Crippen LogP contribution in [0.4, 0.5) is 19.0 Å². The smallest absolute Gasteiger partial charge is 0.362 e. The van der Waals surface area contributed by atoms with E-state index in [1.54, 1.807) is 13.2 Å². The van der Waals surface area contributed by atoms with Crippen molar-refractivity contribution in [1.82, 2.24) is 9.78 Å². The van der Waals surface area contributed by atoms with E-state index >= 15 is 0 Å². The minimum Gasteiger partial charge on any atom is -0.362 e. The summed E-state index contributed by atoms with van der Waals surface area (Å²) in [5.41, 5.74) is 6.00. The van der Waals surface area contributed by atoms with Gasteiger partial charge in [0.25, 0.3) is 5.91 Å². The summed E-state index contributed by atoms with van der Waals surface area (Å²) in [6.07, 6.45) is -2.85. The highest BCUT2D eigenvalue weighted by Gasteiger charge is 2.27. The van der Waals surface area contributed by atoms with Crippen LogP contribution in [-0.4, -0.2) is 35.1 Å². The predicted octanol–water partition coefficient (Wildman–Crippen LogP) is 0.396. The quantitative estimate of drug-likeness (QED) is 0.808. The summed E-state index contributed by atoms with van der Waals surface area (Å²) in [6, 6.07) is 0. The van der Waals surface area contributed by atoms with Gasteiger partial charge in [0.05, 0.1) is 0 Å². The van der Waals surface area contributed by atoms with Gasteiger partial charge in [-0.3, -0.25) is 9.48 Å². The highest BCUT2D eigenvalue weighted by atomic mass is 19.4. The molecule has 0 spiro atoms. The van der Waals surface area contributed by atoms with Crippen LogP contribution in [0.2, 0.25) is 0 Å². The third kappa shape index (κ3) is 4.72. The second-order valence-corrected chi connectivity index (χ2v) is 3.54. The standard InChI is InChI=1S/C9H13F3N4O2/c1-16-3-6(2-13)8(15-16)14-7(17)4-18-5-9(10,11)12/h3H,2,4-5,13H2,1H3,(H,14,15,17). The summed E-state index contributed by atoms with van der Waals surface area (Å²) >= 11 is 0. The van der Waals surface area contributed by atoms with E-state index in [-0.39, 0.29) is 12.4 Å². The predicted molar refractivity (Wildman–Crippen MR) is 56.6 cm³/mol. The number of hydrogen-bond donors (Lipinski definition) is 2. The second-order valence-electron chi connectivity index (χ2n) is 3.54. The zero-order valence-electron chi connectivity index (χ0n) is 9.62. The van der Waals surface area contributed by atoms with Gasteiger partial charge in [-0.05, 0) is 0 Å². The molecule has 1 aromatic heterocycles. The Hall–Kier alpha value is -1.61. The average molecular weight is 266 g/mol. The van der Waals surface area contributed by atoms with Crippen molar-refractivity contribution in [2.45, 2.75) is 12.7 Å². The van der Waals surface area contributed by atoms with Gasteiger partial charge in [-0.25, -0.2) is 0 Å². The summed E-state index contributed by atoms with van der Waals surface area (Å²) < 4.78 is 40.9. The molecule has 1 amide bonds. The fourth-order valence-corrected chi connectivity index (χ4v) is 1.22.